The topological polar surface area (TPSA) is 89.5 Å². The Balaban J connectivity index is 1.43. The molecule has 0 bridgehead atoms. The van der Waals surface area contributed by atoms with E-state index in [1.165, 1.54) is 0 Å². The Hall–Kier alpha value is -4.76. The molecule has 9 heteroatoms. The Morgan fingerprint density at radius 2 is 1.00 bits per heavy atom. The standard InChI is InChI=1S/C44H49BrO8/c1-5-7-19-41(46)52-35(26-48-33-15-11-13-30(3)23-33)28-50-43-37-17-9-10-18-38(37)44(40-25-32(45)21-22-39(40)43)51-29-36(53-42(47)20-8-6-2)27-49-34-16-12-14-31(4)24-34/h9-18,21-25,35-36H,5-8,19-20,26-29H2,1-4H3. The third-order valence-corrected chi connectivity index (χ3v) is 9.12. The smallest absolute Gasteiger partial charge is 0.306 e. The van der Waals surface area contributed by atoms with Gasteiger partial charge in [-0.1, -0.05) is 91.1 Å². The molecule has 5 aromatic rings. The summed E-state index contributed by atoms with van der Waals surface area (Å²) in [5.74, 6) is 2.07. The molecule has 0 saturated heterocycles. The molecule has 53 heavy (non-hydrogen) atoms. The number of hydrogen-bond acceptors (Lipinski definition) is 8. The van der Waals surface area contributed by atoms with E-state index in [-0.39, 0.29) is 38.4 Å². The van der Waals surface area contributed by atoms with Gasteiger partial charge in [0.25, 0.3) is 0 Å². The van der Waals surface area contributed by atoms with Crippen LogP contribution in [-0.4, -0.2) is 50.6 Å². The van der Waals surface area contributed by atoms with Crippen LogP contribution in [0.5, 0.6) is 23.0 Å². The predicted octanol–water partition coefficient (Wildman–Crippen LogP) is 10.5. The van der Waals surface area contributed by atoms with Gasteiger partial charge in [0.15, 0.2) is 12.2 Å². The number of unbranched alkanes of at least 4 members (excludes halogenated alkanes) is 2. The lowest BCUT2D eigenvalue weighted by Crippen LogP contribution is -2.31. The van der Waals surface area contributed by atoms with E-state index in [2.05, 4.69) is 15.9 Å². The van der Waals surface area contributed by atoms with Crippen molar-refractivity contribution in [3.63, 3.8) is 0 Å². The van der Waals surface area contributed by atoms with Crippen molar-refractivity contribution in [2.24, 2.45) is 0 Å². The zero-order valence-electron chi connectivity index (χ0n) is 31.0. The fraction of sp³-hybridized carbons (Fsp3) is 0.364. The lowest BCUT2D eigenvalue weighted by Gasteiger charge is -2.23. The Labute approximate surface area is 320 Å². The van der Waals surface area contributed by atoms with Crippen molar-refractivity contribution in [1.29, 1.82) is 0 Å². The highest BCUT2D eigenvalue weighted by Gasteiger charge is 2.23. The van der Waals surface area contributed by atoms with E-state index in [1.54, 1.807) is 0 Å². The second kappa shape index (κ2) is 19.9. The van der Waals surface area contributed by atoms with Crippen LogP contribution in [0, 0.1) is 13.8 Å². The summed E-state index contributed by atoms with van der Waals surface area (Å²) in [7, 11) is 0. The van der Waals surface area contributed by atoms with Gasteiger partial charge in [0.05, 0.1) is 0 Å². The van der Waals surface area contributed by atoms with Crippen molar-refractivity contribution in [3.8, 4) is 23.0 Å². The van der Waals surface area contributed by atoms with E-state index < -0.39 is 12.2 Å². The highest BCUT2D eigenvalue weighted by molar-refractivity contribution is 9.10. The fourth-order valence-electron chi connectivity index (χ4n) is 5.89. The van der Waals surface area contributed by atoms with E-state index in [1.807, 2.05) is 119 Å². The normalized spacial score (nSPS) is 12.2. The maximum absolute atomic E-state index is 12.8. The van der Waals surface area contributed by atoms with Gasteiger partial charge in [-0.2, -0.15) is 0 Å². The third-order valence-electron chi connectivity index (χ3n) is 8.63. The first-order chi connectivity index (χ1) is 25.7. The highest BCUT2D eigenvalue weighted by atomic mass is 79.9. The van der Waals surface area contributed by atoms with Crippen LogP contribution in [0.3, 0.4) is 0 Å². The summed E-state index contributed by atoms with van der Waals surface area (Å²) in [5, 5.41) is 3.25. The Morgan fingerprint density at radius 1 is 0.547 bits per heavy atom. The summed E-state index contributed by atoms with van der Waals surface area (Å²) >= 11 is 3.65. The fourth-order valence-corrected chi connectivity index (χ4v) is 6.25. The van der Waals surface area contributed by atoms with Gasteiger partial charge < -0.3 is 28.4 Å². The number of rotatable bonds is 20. The third kappa shape index (κ3) is 11.6. The van der Waals surface area contributed by atoms with Gasteiger partial charge in [0.1, 0.15) is 49.4 Å². The van der Waals surface area contributed by atoms with Gasteiger partial charge in [0.2, 0.25) is 0 Å². The molecule has 0 amide bonds. The van der Waals surface area contributed by atoms with Crippen molar-refractivity contribution < 1.29 is 38.0 Å². The van der Waals surface area contributed by atoms with Crippen LogP contribution in [0.15, 0.2) is 95.5 Å². The zero-order chi connectivity index (χ0) is 37.6. The van der Waals surface area contributed by atoms with E-state index in [9.17, 15) is 9.59 Å². The monoisotopic (exact) mass is 784 g/mol. The quantitative estimate of drug-likeness (QED) is 0.0569. The number of halogens is 1. The molecule has 280 valence electrons. The average molecular weight is 786 g/mol. The lowest BCUT2D eigenvalue weighted by molar-refractivity contribution is -0.153. The average Bonchev–Trinajstić information content (AvgIpc) is 3.15. The van der Waals surface area contributed by atoms with Crippen LogP contribution < -0.4 is 18.9 Å². The minimum Gasteiger partial charge on any atom is -0.490 e. The number of ether oxygens (including phenoxy) is 6. The number of aryl methyl sites for hydroxylation is 2. The maximum atomic E-state index is 12.8. The molecule has 0 aromatic heterocycles. The predicted molar refractivity (Wildman–Crippen MR) is 212 cm³/mol. The molecule has 0 aliphatic heterocycles. The summed E-state index contributed by atoms with van der Waals surface area (Å²) < 4.78 is 38.0. The van der Waals surface area contributed by atoms with Gasteiger partial charge in [0, 0.05) is 38.9 Å². The summed E-state index contributed by atoms with van der Waals surface area (Å²) in [6.45, 7) is 8.48. The number of esters is 2. The Kier molecular flexibility index (Phi) is 14.8. The number of carbonyl (C=O) groups excluding carboxylic acids is 2. The summed E-state index contributed by atoms with van der Waals surface area (Å²) in [4.78, 5) is 25.6. The molecule has 0 aliphatic carbocycles. The molecular weight excluding hydrogens is 736 g/mol. The molecule has 5 rings (SSSR count). The molecule has 2 unspecified atom stereocenters. The molecule has 0 radical (unpaired) electrons. The molecular formula is C44H49BrO8. The van der Waals surface area contributed by atoms with Crippen LogP contribution in [0.4, 0.5) is 0 Å². The van der Waals surface area contributed by atoms with E-state index in [0.29, 0.717) is 35.8 Å². The molecule has 0 spiro atoms. The van der Waals surface area contributed by atoms with Gasteiger partial charge in [-0.25, -0.2) is 0 Å². The van der Waals surface area contributed by atoms with Crippen molar-refractivity contribution in [1.82, 2.24) is 0 Å². The van der Waals surface area contributed by atoms with Gasteiger partial charge in [-0.15, -0.1) is 0 Å². The second-order valence-corrected chi connectivity index (χ2v) is 14.1. The van der Waals surface area contributed by atoms with Crippen molar-refractivity contribution in [2.45, 2.75) is 78.4 Å². The maximum Gasteiger partial charge on any atom is 0.306 e. The molecule has 2 atom stereocenters. The number of carbonyl (C=O) groups is 2. The lowest BCUT2D eigenvalue weighted by atomic mass is 10.0. The van der Waals surface area contributed by atoms with E-state index in [0.717, 1.165) is 62.8 Å². The van der Waals surface area contributed by atoms with Gasteiger partial charge in [-0.05, 0) is 80.3 Å². The molecule has 0 aliphatic rings. The van der Waals surface area contributed by atoms with E-state index in [4.69, 9.17) is 28.4 Å². The van der Waals surface area contributed by atoms with Gasteiger partial charge >= 0.3 is 11.9 Å². The van der Waals surface area contributed by atoms with Crippen LogP contribution in [-0.2, 0) is 19.1 Å². The van der Waals surface area contributed by atoms with Crippen LogP contribution >= 0.6 is 15.9 Å². The van der Waals surface area contributed by atoms with Crippen molar-refractivity contribution >= 4 is 49.4 Å². The molecule has 5 aromatic carbocycles. The molecule has 0 saturated carbocycles. The molecule has 0 N–H and O–H groups in total. The van der Waals surface area contributed by atoms with Crippen molar-refractivity contribution in [2.75, 3.05) is 26.4 Å². The first-order valence-corrected chi connectivity index (χ1v) is 19.2. The first kappa shape index (κ1) is 39.4. The minimum absolute atomic E-state index is 0.0710. The Morgan fingerprint density at radius 3 is 1.47 bits per heavy atom. The van der Waals surface area contributed by atoms with E-state index >= 15 is 0 Å². The van der Waals surface area contributed by atoms with Gasteiger partial charge in [-0.3, -0.25) is 9.59 Å². The number of benzene rings is 5. The summed E-state index contributed by atoms with van der Waals surface area (Å²) in [5.41, 5.74) is 2.14. The number of hydrogen-bond donors (Lipinski definition) is 0. The zero-order valence-corrected chi connectivity index (χ0v) is 32.6. The summed E-state index contributed by atoms with van der Waals surface area (Å²) in [6.07, 6.45) is 2.60. The van der Waals surface area contributed by atoms with Crippen LogP contribution in [0.1, 0.15) is 63.5 Å². The minimum atomic E-state index is -0.659. The summed E-state index contributed by atoms with van der Waals surface area (Å²) in [6, 6.07) is 29.3. The van der Waals surface area contributed by atoms with Crippen molar-refractivity contribution in [3.05, 3.63) is 107 Å². The SMILES string of the molecule is CCCCC(=O)OC(COc1cccc(C)c1)COc1c2ccccc2c(OCC(COc2cccc(C)c2)OC(=O)CCCC)c2cc(Br)ccc12. The second-order valence-electron chi connectivity index (χ2n) is 13.2. The largest absolute Gasteiger partial charge is 0.490 e. The first-order valence-electron chi connectivity index (χ1n) is 18.4. The van der Waals surface area contributed by atoms with Crippen LogP contribution in [0.25, 0.3) is 21.5 Å². The Bertz CT molecular complexity index is 1970. The van der Waals surface area contributed by atoms with Crippen LogP contribution in [0.2, 0.25) is 0 Å². The molecule has 8 nitrogen and oxygen atoms in total. The molecule has 0 heterocycles. The number of fused-ring (bicyclic) bond motifs is 2. The molecule has 0 fully saturated rings. The highest BCUT2D eigenvalue weighted by Crippen LogP contribution is 2.44.